The quantitative estimate of drug-likeness (QED) is 0.540. The maximum Gasteiger partial charge on any atom is 0.267 e. The highest BCUT2D eigenvalue weighted by Crippen LogP contribution is 2.30. The summed E-state index contributed by atoms with van der Waals surface area (Å²) in [6.07, 6.45) is 7.29. The lowest BCUT2D eigenvalue weighted by Gasteiger charge is -2.19. The van der Waals surface area contributed by atoms with Gasteiger partial charge >= 0.3 is 0 Å². The molecule has 0 bridgehead atoms. The zero-order valence-electron chi connectivity index (χ0n) is 15.9. The topological polar surface area (TPSA) is 92.2 Å². The molecular weight excluding hydrogens is 354 g/mol. The average molecular weight is 377 g/mol. The van der Waals surface area contributed by atoms with Gasteiger partial charge in [0.1, 0.15) is 16.8 Å². The molecule has 2 N–H and O–H groups in total. The van der Waals surface area contributed by atoms with Gasteiger partial charge in [-0.25, -0.2) is 4.98 Å². The van der Waals surface area contributed by atoms with Crippen LogP contribution in [0.3, 0.4) is 0 Å². The van der Waals surface area contributed by atoms with Crippen LogP contribution in [0.25, 0.3) is 16.7 Å². The molecule has 3 aromatic heterocycles. The monoisotopic (exact) mass is 377 g/mol. The van der Waals surface area contributed by atoms with Gasteiger partial charge in [0.15, 0.2) is 0 Å². The van der Waals surface area contributed by atoms with Crippen LogP contribution in [0.15, 0.2) is 41.8 Å². The van der Waals surface area contributed by atoms with E-state index in [1.165, 1.54) is 10.5 Å². The normalized spacial score (nSPS) is 14.6. The van der Waals surface area contributed by atoms with E-state index in [2.05, 4.69) is 11.9 Å². The number of hydrogen-bond donors (Lipinski definition) is 2. The van der Waals surface area contributed by atoms with Gasteiger partial charge in [-0.1, -0.05) is 25.0 Å². The minimum atomic E-state index is -0.382. The molecule has 1 amide bonds. The Labute approximate surface area is 161 Å². The molecule has 1 fully saturated rings. The standard InChI is InChI=1S/C21H23N5O2/c1-3-10-23-20(27)15-11-16-19(26(18(15)22)14-6-4-5-7-14)24-17-9-8-13(2)12-25(17)21(16)28/h3,8-9,11-12,14,22H,1,4-7,10H2,2H3,(H,23,27). The Morgan fingerprint density at radius 3 is 2.86 bits per heavy atom. The third kappa shape index (κ3) is 2.93. The van der Waals surface area contributed by atoms with Gasteiger partial charge in [0.25, 0.3) is 11.5 Å². The van der Waals surface area contributed by atoms with E-state index >= 15 is 0 Å². The van der Waals surface area contributed by atoms with Gasteiger partial charge in [0.2, 0.25) is 0 Å². The van der Waals surface area contributed by atoms with Crippen molar-refractivity contribution >= 4 is 22.6 Å². The van der Waals surface area contributed by atoms with Crippen molar-refractivity contribution in [3.63, 3.8) is 0 Å². The summed E-state index contributed by atoms with van der Waals surface area (Å²) >= 11 is 0. The third-order valence-electron chi connectivity index (χ3n) is 5.34. The van der Waals surface area contributed by atoms with Gasteiger partial charge in [-0.3, -0.25) is 19.4 Å². The Morgan fingerprint density at radius 1 is 1.39 bits per heavy atom. The number of carbonyl (C=O) groups excluding carboxylic acids is 1. The maximum atomic E-state index is 13.2. The van der Waals surface area contributed by atoms with Crippen LogP contribution < -0.4 is 16.4 Å². The summed E-state index contributed by atoms with van der Waals surface area (Å²) < 4.78 is 3.29. The molecule has 144 valence electrons. The van der Waals surface area contributed by atoms with Crippen LogP contribution in [0, 0.1) is 12.3 Å². The summed E-state index contributed by atoms with van der Waals surface area (Å²) in [5, 5.41) is 11.8. The predicted octanol–water partition coefficient (Wildman–Crippen LogP) is 2.47. The van der Waals surface area contributed by atoms with Crippen LogP contribution in [0.2, 0.25) is 0 Å². The smallest absolute Gasteiger partial charge is 0.267 e. The van der Waals surface area contributed by atoms with Crippen LogP contribution >= 0.6 is 0 Å². The summed E-state index contributed by atoms with van der Waals surface area (Å²) in [5.74, 6) is -0.382. The van der Waals surface area contributed by atoms with E-state index in [0.29, 0.717) is 23.2 Å². The third-order valence-corrected chi connectivity index (χ3v) is 5.34. The molecule has 0 aliphatic heterocycles. The molecule has 1 saturated carbocycles. The Kier molecular flexibility index (Phi) is 4.58. The van der Waals surface area contributed by atoms with Gasteiger partial charge in [0, 0.05) is 18.8 Å². The van der Waals surface area contributed by atoms with E-state index in [1.54, 1.807) is 16.8 Å². The van der Waals surface area contributed by atoms with Gasteiger partial charge in [-0.2, -0.15) is 0 Å². The molecule has 1 aliphatic rings. The van der Waals surface area contributed by atoms with E-state index in [1.807, 2.05) is 19.1 Å². The maximum absolute atomic E-state index is 13.2. The number of fused-ring (bicyclic) bond motifs is 2. The first-order valence-corrected chi connectivity index (χ1v) is 9.53. The van der Waals surface area contributed by atoms with Crippen molar-refractivity contribution in [1.82, 2.24) is 19.3 Å². The predicted molar refractivity (Wildman–Crippen MR) is 108 cm³/mol. The van der Waals surface area contributed by atoms with Crippen molar-refractivity contribution in [1.29, 1.82) is 5.41 Å². The largest absolute Gasteiger partial charge is 0.348 e. The number of pyridine rings is 2. The highest BCUT2D eigenvalue weighted by atomic mass is 16.1. The highest BCUT2D eigenvalue weighted by Gasteiger charge is 2.24. The first kappa shape index (κ1) is 18.2. The molecule has 7 nitrogen and oxygen atoms in total. The van der Waals surface area contributed by atoms with Crippen LogP contribution in [0.1, 0.15) is 47.6 Å². The molecule has 0 radical (unpaired) electrons. The molecule has 0 spiro atoms. The molecule has 28 heavy (non-hydrogen) atoms. The van der Waals surface area contributed by atoms with Gasteiger partial charge in [-0.05, 0) is 37.5 Å². The zero-order valence-corrected chi connectivity index (χ0v) is 15.9. The van der Waals surface area contributed by atoms with Gasteiger partial charge < -0.3 is 9.88 Å². The van der Waals surface area contributed by atoms with Crippen molar-refractivity contribution in [3.05, 3.63) is 64.0 Å². The number of amides is 1. The average Bonchev–Trinajstić information content (AvgIpc) is 3.21. The lowest BCUT2D eigenvalue weighted by molar-refractivity contribution is 0.0955. The van der Waals surface area contributed by atoms with Crippen molar-refractivity contribution in [3.8, 4) is 0 Å². The van der Waals surface area contributed by atoms with Crippen LogP contribution in [-0.4, -0.2) is 26.4 Å². The lowest BCUT2D eigenvalue weighted by Crippen LogP contribution is -2.36. The number of rotatable bonds is 4. The molecular formula is C21H23N5O2. The van der Waals surface area contributed by atoms with E-state index in [0.717, 1.165) is 31.2 Å². The Morgan fingerprint density at radius 2 is 2.14 bits per heavy atom. The number of aromatic nitrogens is 3. The summed E-state index contributed by atoms with van der Waals surface area (Å²) in [5.41, 5.74) is 2.02. The Bertz CT molecular complexity index is 1220. The van der Waals surface area contributed by atoms with Crippen molar-refractivity contribution in [2.75, 3.05) is 6.54 Å². The second-order valence-electron chi connectivity index (χ2n) is 7.30. The number of nitrogens with one attached hydrogen (secondary N) is 2. The first-order valence-electron chi connectivity index (χ1n) is 9.53. The van der Waals surface area contributed by atoms with Crippen LogP contribution in [0.5, 0.6) is 0 Å². The fraction of sp³-hybridized carbons (Fsp3) is 0.333. The number of carbonyl (C=O) groups is 1. The summed E-state index contributed by atoms with van der Waals surface area (Å²) in [7, 11) is 0. The van der Waals surface area contributed by atoms with E-state index in [9.17, 15) is 9.59 Å². The fourth-order valence-corrected chi connectivity index (χ4v) is 3.96. The zero-order chi connectivity index (χ0) is 19.8. The second-order valence-corrected chi connectivity index (χ2v) is 7.30. The molecule has 4 rings (SSSR count). The second kappa shape index (κ2) is 7.07. The van der Waals surface area contributed by atoms with E-state index in [4.69, 9.17) is 10.4 Å². The van der Waals surface area contributed by atoms with Crippen LogP contribution in [-0.2, 0) is 0 Å². The van der Waals surface area contributed by atoms with Crippen molar-refractivity contribution in [2.24, 2.45) is 0 Å². The fourth-order valence-electron chi connectivity index (χ4n) is 3.96. The van der Waals surface area contributed by atoms with Crippen LogP contribution in [0.4, 0.5) is 0 Å². The molecule has 7 heteroatoms. The molecule has 0 atom stereocenters. The van der Waals surface area contributed by atoms with Crippen molar-refractivity contribution < 1.29 is 4.79 Å². The van der Waals surface area contributed by atoms with Crippen molar-refractivity contribution in [2.45, 2.75) is 38.6 Å². The summed E-state index contributed by atoms with van der Waals surface area (Å²) in [6.45, 7) is 5.82. The summed E-state index contributed by atoms with van der Waals surface area (Å²) in [6, 6.07) is 5.29. The van der Waals surface area contributed by atoms with Gasteiger partial charge in [-0.15, -0.1) is 6.58 Å². The number of aryl methyl sites for hydroxylation is 1. The molecule has 0 unspecified atom stereocenters. The minimum Gasteiger partial charge on any atom is -0.348 e. The molecule has 0 aromatic carbocycles. The Balaban J connectivity index is 2.08. The number of hydrogen-bond acceptors (Lipinski definition) is 4. The Hall–Kier alpha value is -3.22. The lowest BCUT2D eigenvalue weighted by atomic mass is 10.1. The first-order chi connectivity index (χ1) is 13.5. The molecule has 3 aromatic rings. The van der Waals surface area contributed by atoms with Gasteiger partial charge in [0.05, 0.1) is 10.9 Å². The summed E-state index contributed by atoms with van der Waals surface area (Å²) in [4.78, 5) is 30.6. The SMILES string of the molecule is C=CCNC(=O)c1cc2c(=O)n3cc(C)ccc3nc2n(C2CCCC2)c1=N. The van der Waals surface area contributed by atoms with E-state index in [-0.39, 0.29) is 28.6 Å². The highest BCUT2D eigenvalue weighted by molar-refractivity contribution is 5.96. The molecule has 0 saturated heterocycles. The molecule has 1 aliphatic carbocycles. The minimum absolute atomic E-state index is 0.0713. The van der Waals surface area contributed by atoms with E-state index < -0.39 is 0 Å². The molecule has 3 heterocycles. The number of nitrogens with zero attached hydrogens (tertiary/aromatic N) is 3.